The highest BCUT2D eigenvalue weighted by molar-refractivity contribution is 7.92. The summed E-state index contributed by atoms with van der Waals surface area (Å²) in [6.45, 7) is 0. The monoisotopic (exact) mass is 528 g/mol. The standard InChI is InChI=1S/C27H32N2O5S2/c1-29(2)21-11-14-24-25(19-21)27(34-3)16-15-26(24)28-36(32,33)23-12-9-20(10-13-23)17-18-35(30,31)22-7-5-4-6-8-22/h4-10,12-13,15-16,21,28H,11,14,17-19H2,1-3H3/t21-/m0/s1. The normalized spacial score (nSPS) is 15.9. The lowest BCUT2D eigenvalue weighted by atomic mass is 9.86. The Hall–Kier alpha value is -2.88. The van der Waals surface area contributed by atoms with E-state index in [-0.39, 0.29) is 15.5 Å². The minimum Gasteiger partial charge on any atom is -0.496 e. The molecule has 7 nitrogen and oxygen atoms in total. The molecule has 0 bridgehead atoms. The van der Waals surface area contributed by atoms with Crippen LogP contribution in [0.3, 0.4) is 0 Å². The topological polar surface area (TPSA) is 92.8 Å². The quantitative estimate of drug-likeness (QED) is 0.452. The van der Waals surface area contributed by atoms with E-state index in [1.54, 1.807) is 55.6 Å². The molecule has 0 aromatic heterocycles. The van der Waals surface area contributed by atoms with Crippen molar-refractivity contribution in [1.82, 2.24) is 4.90 Å². The van der Waals surface area contributed by atoms with Gasteiger partial charge in [0, 0.05) is 11.6 Å². The van der Waals surface area contributed by atoms with Crippen molar-refractivity contribution in [3.63, 3.8) is 0 Å². The largest absolute Gasteiger partial charge is 0.496 e. The Morgan fingerprint density at radius 3 is 2.22 bits per heavy atom. The van der Waals surface area contributed by atoms with Gasteiger partial charge < -0.3 is 9.64 Å². The summed E-state index contributed by atoms with van der Waals surface area (Å²) in [6.07, 6.45) is 2.77. The van der Waals surface area contributed by atoms with Crippen LogP contribution in [0, 0.1) is 0 Å². The summed E-state index contributed by atoms with van der Waals surface area (Å²) in [5.74, 6) is 0.724. The highest BCUT2D eigenvalue weighted by atomic mass is 32.2. The minimum atomic E-state index is -3.82. The lowest BCUT2D eigenvalue weighted by Gasteiger charge is -2.32. The second kappa shape index (κ2) is 10.6. The summed E-state index contributed by atoms with van der Waals surface area (Å²) in [7, 11) is -1.49. The predicted octanol–water partition coefficient (Wildman–Crippen LogP) is 3.93. The Kier molecular flexibility index (Phi) is 7.73. The number of sulfone groups is 1. The molecule has 1 aliphatic rings. The maximum atomic E-state index is 13.2. The summed E-state index contributed by atoms with van der Waals surface area (Å²) in [4.78, 5) is 2.60. The molecule has 0 saturated heterocycles. The maximum Gasteiger partial charge on any atom is 0.261 e. The Balaban J connectivity index is 1.50. The number of nitrogens with zero attached hydrogens (tertiary/aromatic N) is 1. The summed E-state index contributed by atoms with van der Waals surface area (Å²) in [5, 5.41) is 0. The van der Waals surface area contributed by atoms with Crippen LogP contribution in [0.5, 0.6) is 5.75 Å². The van der Waals surface area contributed by atoms with Crippen molar-refractivity contribution in [3.8, 4) is 5.75 Å². The zero-order valence-corrected chi connectivity index (χ0v) is 22.4. The van der Waals surface area contributed by atoms with Gasteiger partial charge in [0.05, 0.1) is 28.3 Å². The van der Waals surface area contributed by atoms with Crippen LogP contribution >= 0.6 is 0 Å². The van der Waals surface area contributed by atoms with Crippen LogP contribution < -0.4 is 9.46 Å². The zero-order valence-electron chi connectivity index (χ0n) is 20.8. The van der Waals surface area contributed by atoms with Crippen LogP contribution in [0.15, 0.2) is 76.5 Å². The van der Waals surface area contributed by atoms with E-state index in [0.29, 0.717) is 18.2 Å². The molecule has 0 aliphatic heterocycles. The average molecular weight is 529 g/mol. The van der Waals surface area contributed by atoms with Gasteiger partial charge in [-0.05, 0) is 87.3 Å². The van der Waals surface area contributed by atoms with Crippen molar-refractivity contribution in [2.24, 2.45) is 0 Å². The third-order valence-electron chi connectivity index (χ3n) is 6.75. The third-order valence-corrected chi connectivity index (χ3v) is 9.86. The van der Waals surface area contributed by atoms with E-state index in [9.17, 15) is 16.8 Å². The first-order valence-corrected chi connectivity index (χ1v) is 15.0. The smallest absolute Gasteiger partial charge is 0.261 e. The molecular formula is C27H32N2O5S2. The number of anilines is 1. The maximum absolute atomic E-state index is 13.2. The fourth-order valence-corrected chi connectivity index (χ4v) is 7.00. The fourth-order valence-electron chi connectivity index (χ4n) is 4.59. The Morgan fingerprint density at radius 2 is 1.58 bits per heavy atom. The Labute approximate surface area is 214 Å². The number of nitrogens with one attached hydrogen (secondary N) is 1. The van der Waals surface area contributed by atoms with Crippen molar-refractivity contribution in [3.05, 3.63) is 83.4 Å². The third kappa shape index (κ3) is 5.74. The molecule has 9 heteroatoms. The highest BCUT2D eigenvalue weighted by Gasteiger charge is 2.27. The first-order valence-electron chi connectivity index (χ1n) is 11.9. The van der Waals surface area contributed by atoms with Crippen molar-refractivity contribution < 1.29 is 21.6 Å². The molecule has 1 aliphatic carbocycles. The van der Waals surface area contributed by atoms with Crippen LogP contribution in [0.25, 0.3) is 0 Å². The molecule has 36 heavy (non-hydrogen) atoms. The molecule has 4 rings (SSSR count). The molecule has 0 radical (unpaired) electrons. The number of methoxy groups -OCH3 is 1. The molecule has 0 unspecified atom stereocenters. The van der Waals surface area contributed by atoms with Gasteiger partial charge in [-0.1, -0.05) is 30.3 Å². The lowest BCUT2D eigenvalue weighted by molar-refractivity contribution is 0.265. The number of rotatable bonds is 9. The van der Waals surface area contributed by atoms with Gasteiger partial charge in [0.2, 0.25) is 0 Å². The molecule has 0 fully saturated rings. The molecule has 3 aromatic carbocycles. The predicted molar refractivity (Wildman–Crippen MR) is 142 cm³/mol. The number of likely N-dealkylation sites (N-methyl/N-ethyl adjacent to an activating group) is 1. The van der Waals surface area contributed by atoms with E-state index >= 15 is 0 Å². The van der Waals surface area contributed by atoms with Crippen LogP contribution in [-0.4, -0.2) is 54.7 Å². The Bertz CT molecular complexity index is 1420. The molecular weight excluding hydrogens is 496 g/mol. The SMILES string of the molecule is COc1ccc(NS(=O)(=O)c2ccc(CCS(=O)(=O)c3ccccc3)cc2)c2c1C[C@@H](N(C)C)CC2. The van der Waals surface area contributed by atoms with E-state index in [2.05, 4.69) is 23.7 Å². The zero-order chi connectivity index (χ0) is 25.9. The van der Waals surface area contributed by atoms with Crippen molar-refractivity contribution in [2.75, 3.05) is 31.7 Å². The van der Waals surface area contributed by atoms with Crippen LogP contribution in [0.4, 0.5) is 5.69 Å². The summed E-state index contributed by atoms with van der Waals surface area (Å²) in [6, 6.07) is 18.6. The molecule has 1 N–H and O–H groups in total. The molecule has 192 valence electrons. The summed E-state index contributed by atoms with van der Waals surface area (Å²) >= 11 is 0. The second-order valence-corrected chi connectivity index (χ2v) is 13.1. The van der Waals surface area contributed by atoms with Gasteiger partial charge >= 0.3 is 0 Å². The lowest BCUT2D eigenvalue weighted by Crippen LogP contribution is -2.34. The summed E-state index contributed by atoms with van der Waals surface area (Å²) in [5.41, 5.74) is 3.34. The molecule has 0 heterocycles. The first-order chi connectivity index (χ1) is 17.1. The van der Waals surface area contributed by atoms with Gasteiger partial charge in [-0.2, -0.15) is 0 Å². The molecule has 1 atom stereocenters. The second-order valence-electron chi connectivity index (χ2n) is 9.26. The Morgan fingerprint density at radius 1 is 0.889 bits per heavy atom. The molecule has 0 amide bonds. The van der Waals surface area contributed by atoms with E-state index < -0.39 is 19.9 Å². The van der Waals surface area contributed by atoms with E-state index in [0.717, 1.165) is 41.7 Å². The van der Waals surface area contributed by atoms with E-state index in [1.807, 2.05) is 6.07 Å². The number of sulfonamides is 1. The van der Waals surface area contributed by atoms with Gasteiger partial charge in [0.1, 0.15) is 5.75 Å². The number of aryl methyl sites for hydroxylation is 1. The van der Waals surface area contributed by atoms with Gasteiger partial charge in [-0.25, -0.2) is 16.8 Å². The number of fused-ring (bicyclic) bond motifs is 1. The fraction of sp³-hybridized carbons (Fsp3) is 0.333. The van der Waals surface area contributed by atoms with Crippen molar-refractivity contribution in [2.45, 2.75) is 41.5 Å². The van der Waals surface area contributed by atoms with Crippen LogP contribution in [0.1, 0.15) is 23.1 Å². The van der Waals surface area contributed by atoms with Gasteiger partial charge in [0.25, 0.3) is 10.0 Å². The molecule has 0 saturated carbocycles. The number of hydrogen-bond acceptors (Lipinski definition) is 6. The summed E-state index contributed by atoms with van der Waals surface area (Å²) < 4.78 is 59.8. The van der Waals surface area contributed by atoms with Crippen molar-refractivity contribution >= 4 is 25.5 Å². The van der Waals surface area contributed by atoms with E-state index in [4.69, 9.17) is 4.74 Å². The number of ether oxygens (including phenoxy) is 1. The van der Waals surface area contributed by atoms with E-state index in [1.165, 1.54) is 12.1 Å². The average Bonchev–Trinajstić information content (AvgIpc) is 2.88. The van der Waals surface area contributed by atoms with Gasteiger partial charge in [-0.3, -0.25) is 4.72 Å². The van der Waals surface area contributed by atoms with Gasteiger partial charge in [0.15, 0.2) is 9.84 Å². The van der Waals surface area contributed by atoms with Gasteiger partial charge in [-0.15, -0.1) is 0 Å². The van der Waals surface area contributed by atoms with Crippen molar-refractivity contribution in [1.29, 1.82) is 0 Å². The molecule has 3 aromatic rings. The van der Waals surface area contributed by atoms with Crippen LogP contribution in [0.2, 0.25) is 0 Å². The first kappa shape index (κ1) is 26.2. The minimum absolute atomic E-state index is 0.0483. The molecule has 0 spiro atoms. The number of hydrogen-bond donors (Lipinski definition) is 1. The van der Waals surface area contributed by atoms with Crippen LogP contribution in [-0.2, 0) is 39.1 Å². The highest BCUT2D eigenvalue weighted by Crippen LogP contribution is 2.36. The number of benzene rings is 3.